The van der Waals surface area contributed by atoms with Crippen molar-refractivity contribution in [2.45, 2.75) is 87.5 Å². The summed E-state index contributed by atoms with van der Waals surface area (Å²) in [6.07, 6.45) is 7.64. The van der Waals surface area contributed by atoms with Gasteiger partial charge in [0.2, 0.25) is 0 Å². The molecule has 0 aliphatic rings. The Morgan fingerprint density at radius 1 is 0.947 bits per heavy atom. The van der Waals surface area contributed by atoms with Gasteiger partial charge in [0, 0.05) is 38.0 Å². The number of allylic oxidation sites excluding steroid dienone is 2. The molecule has 0 fully saturated rings. The van der Waals surface area contributed by atoms with E-state index in [4.69, 9.17) is 0 Å². The first kappa shape index (κ1) is 33.7. The first-order valence-electron chi connectivity index (χ1n) is 13.8. The number of aliphatic hydroxyl groups excluding tert-OH is 1. The van der Waals surface area contributed by atoms with E-state index in [2.05, 4.69) is 74.1 Å². The smallest absolute Gasteiger partial charge is 0.162 e. The molecular weight excluding hydrogens is 649 g/mol. The van der Waals surface area contributed by atoms with Crippen molar-refractivity contribution in [2.24, 2.45) is 17.8 Å². The van der Waals surface area contributed by atoms with Gasteiger partial charge in [-0.05, 0) is 60.7 Å². The summed E-state index contributed by atoms with van der Waals surface area (Å²) < 4.78 is 0. The Morgan fingerprint density at radius 3 is 2.13 bits per heavy atom. The van der Waals surface area contributed by atoms with Gasteiger partial charge in [0.05, 0.1) is 11.3 Å². The molecule has 5 heteroatoms. The van der Waals surface area contributed by atoms with Gasteiger partial charge in [-0.15, -0.1) is 34.9 Å². The van der Waals surface area contributed by atoms with Crippen LogP contribution in [0.3, 0.4) is 0 Å². The molecule has 3 aromatic rings. The first-order valence-corrected chi connectivity index (χ1v) is 13.8. The molecule has 38 heavy (non-hydrogen) atoms. The molecule has 1 radical (unpaired) electrons. The topological polar surface area (TPSA) is 63.1 Å². The van der Waals surface area contributed by atoms with Crippen molar-refractivity contribution in [3.8, 4) is 11.3 Å². The van der Waals surface area contributed by atoms with E-state index in [1.165, 1.54) is 17.2 Å². The van der Waals surface area contributed by atoms with Gasteiger partial charge in [-0.1, -0.05) is 67.5 Å². The number of carbonyl (C=O) groups is 1. The molecule has 0 saturated heterocycles. The predicted octanol–water partition coefficient (Wildman–Crippen LogP) is 8.78. The summed E-state index contributed by atoms with van der Waals surface area (Å²) in [4.78, 5) is 20.7. The molecule has 0 spiro atoms. The third-order valence-electron chi connectivity index (χ3n) is 6.83. The van der Waals surface area contributed by atoms with Crippen molar-refractivity contribution in [1.82, 2.24) is 9.97 Å². The number of hydrogen-bond donors (Lipinski definition) is 1. The summed E-state index contributed by atoms with van der Waals surface area (Å²) in [7, 11) is 0. The van der Waals surface area contributed by atoms with Crippen molar-refractivity contribution < 1.29 is 30.0 Å². The normalized spacial score (nSPS) is 11.5. The van der Waals surface area contributed by atoms with Gasteiger partial charge in [0.15, 0.2) is 5.78 Å². The monoisotopic (exact) mass is 694 g/mol. The van der Waals surface area contributed by atoms with Crippen LogP contribution in [0, 0.1) is 37.7 Å². The average molecular weight is 694 g/mol. The minimum absolute atomic E-state index is 0. The summed E-state index contributed by atoms with van der Waals surface area (Å²) >= 11 is 0. The molecule has 0 aliphatic heterocycles. The quantitative estimate of drug-likeness (QED) is 0.131. The van der Waals surface area contributed by atoms with E-state index in [0.29, 0.717) is 5.92 Å². The van der Waals surface area contributed by atoms with Crippen LogP contribution < -0.4 is 0 Å². The number of aryl methyl sites for hydroxylation is 2. The fourth-order valence-corrected chi connectivity index (χ4v) is 4.72. The Kier molecular flexibility index (Phi) is 14.7. The SMILES string of the molecule is CCC(CC)C(=O)/C=C(\O)C(CC)CC.Cc1[c-]c(-c2ncnc3cc(CC(C)C)ccc23)cc(C)c1.[Ir]. The van der Waals surface area contributed by atoms with E-state index in [-0.39, 0.29) is 43.5 Å². The fourth-order valence-electron chi connectivity index (χ4n) is 4.72. The molecule has 0 saturated carbocycles. The van der Waals surface area contributed by atoms with Crippen LogP contribution in [0.2, 0.25) is 0 Å². The van der Waals surface area contributed by atoms with Gasteiger partial charge < -0.3 is 5.11 Å². The number of aromatic nitrogens is 2. The molecule has 2 aromatic carbocycles. The van der Waals surface area contributed by atoms with Crippen molar-refractivity contribution >= 4 is 16.7 Å². The van der Waals surface area contributed by atoms with Crippen molar-refractivity contribution in [2.75, 3.05) is 0 Å². The standard InChI is InChI=1S/C20H21N2.C13H24O2.Ir/c1-13(2)7-16-5-6-18-19(11-16)21-12-22-20(18)17-9-14(3)8-15(4)10-17;1-5-10(6-2)12(14)9-13(15)11(7-3)8-4;/h5-6,8-9,11-13H,7H2,1-4H3;9-11,14H,5-8H2,1-4H3;/q-1;;/b;12-9-;. The van der Waals surface area contributed by atoms with Gasteiger partial charge >= 0.3 is 0 Å². The Labute approximate surface area is 243 Å². The second-order valence-electron chi connectivity index (χ2n) is 10.4. The van der Waals surface area contributed by atoms with Crippen molar-refractivity contribution in [3.63, 3.8) is 0 Å². The second kappa shape index (κ2) is 16.6. The molecule has 4 nitrogen and oxygen atoms in total. The Balaban J connectivity index is 0.000000401. The van der Waals surface area contributed by atoms with Crippen molar-refractivity contribution in [3.05, 3.63) is 71.3 Å². The molecule has 0 aliphatic carbocycles. The molecular formula is C33H45IrN2O2-. The van der Waals surface area contributed by atoms with E-state index in [1.807, 2.05) is 27.7 Å². The summed E-state index contributed by atoms with van der Waals surface area (Å²) in [6.45, 7) is 16.7. The van der Waals surface area contributed by atoms with Crippen LogP contribution >= 0.6 is 0 Å². The Bertz CT molecular complexity index is 1170. The van der Waals surface area contributed by atoms with Crippen LogP contribution in [0.5, 0.6) is 0 Å². The number of benzene rings is 2. The Hall–Kier alpha value is -2.36. The molecule has 3 rings (SSSR count). The molecule has 0 atom stereocenters. The maximum Gasteiger partial charge on any atom is 0.162 e. The molecule has 1 N–H and O–H groups in total. The zero-order valence-electron chi connectivity index (χ0n) is 24.4. The summed E-state index contributed by atoms with van der Waals surface area (Å²) in [5, 5.41) is 10.9. The van der Waals surface area contributed by atoms with Crippen LogP contribution in [0.25, 0.3) is 22.2 Å². The minimum Gasteiger partial charge on any atom is -0.512 e. The number of aliphatic hydroxyl groups is 1. The number of ketones is 1. The summed E-state index contributed by atoms with van der Waals surface area (Å²) in [5.74, 6) is 1.19. The maximum absolute atomic E-state index is 11.7. The zero-order chi connectivity index (χ0) is 27.5. The van der Waals surface area contributed by atoms with E-state index >= 15 is 0 Å². The maximum atomic E-state index is 11.7. The first-order chi connectivity index (χ1) is 17.6. The van der Waals surface area contributed by atoms with Crippen LogP contribution in [0.15, 0.2) is 48.5 Å². The summed E-state index contributed by atoms with van der Waals surface area (Å²) in [5.41, 5.74) is 6.72. The molecule has 0 unspecified atom stereocenters. The van der Waals surface area contributed by atoms with Gasteiger partial charge in [-0.2, -0.15) is 0 Å². The van der Waals surface area contributed by atoms with E-state index in [0.717, 1.165) is 59.8 Å². The number of hydrogen-bond acceptors (Lipinski definition) is 4. The van der Waals surface area contributed by atoms with Gasteiger partial charge in [-0.25, -0.2) is 4.98 Å². The van der Waals surface area contributed by atoms with Gasteiger partial charge in [0.25, 0.3) is 0 Å². The van der Waals surface area contributed by atoms with Gasteiger partial charge in [0.1, 0.15) is 6.33 Å². The average Bonchev–Trinajstić information content (AvgIpc) is 2.84. The van der Waals surface area contributed by atoms with Crippen molar-refractivity contribution in [1.29, 1.82) is 0 Å². The van der Waals surface area contributed by atoms with Gasteiger partial charge in [-0.3, -0.25) is 9.78 Å². The van der Waals surface area contributed by atoms with Crippen LogP contribution in [0.1, 0.15) is 83.9 Å². The van der Waals surface area contributed by atoms with E-state index < -0.39 is 0 Å². The molecule has 0 amide bonds. The number of nitrogens with zero attached hydrogens (tertiary/aromatic N) is 2. The molecule has 0 bridgehead atoms. The van der Waals surface area contributed by atoms with Crippen LogP contribution in [-0.2, 0) is 31.3 Å². The molecule has 1 heterocycles. The third kappa shape index (κ3) is 9.75. The fraction of sp³-hybridized carbons (Fsp3) is 0.485. The number of fused-ring (bicyclic) bond motifs is 1. The van der Waals surface area contributed by atoms with Crippen LogP contribution in [-0.4, -0.2) is 20.9 Å². The van der Waals surface area contributed by atoms with E-state index in [9.17, 15) is 9.90 Å². The largest absolute Gasteiger partial charge is 0.512 e. The Morgan fingerprint density at radius 2 is 1.58 bits per heavy atom. The second-order valence-corrected chi connectivity index (χ2v) is 10.4. The number of carbonyl (C=O) groups excluding carboxylic acids is 1. The summed E-state index contributed by atoms with van der Waals surface area (Å²) in [6, 6.07) is 14.2. The van der Waals surface area contributed by atoms with Crippen LogP contribution in [0.4, 0.5) is 0 Å². The zero-order valence-corrected chi connectivity index (χ0v) is 26.8. The number of rotatable bonds is 10. The third-order valence-corrected chi connectivity index (χ3v) is 6.83. The molecule has 209 valence electrons. The minimum atomic E-state index is 0. The predicted molar refractivity (Wildman–Crippen MR) is 156 cm³/mol. The molecule has 1 aromatic heterocycles. The van der Waals surface area contributed by atoms with E-state index in [1.54, 1.807) is 6.33 Å².